The Morgan fingerprint density at radius 1 is 0.951 bits per heavy atom. The molecular formula is C31H35Cl2N3O4S. The number of carbonyl (C=O) groups is 2. The van der Waals surface area contributed by atoms with Gasteiger partial charge >= 0.3 is 0 Å². The molecule has 0 radical (unpaired) electrons. The van der Waals surface area contributed by atoms with E-state index in [1.165, 1.54) is 23.1 Å². The third kappa shape index (κ3) is 7.61. The highest BCUT2D eigenvalue weighted by molar-refractivity contribution is 7.92. The lowest BCUT2D eigenvalue weighted by Gasteiger charge is -2.33. The Morgan fingerprint density at radius 2 is 1.61 bits per heavy atom. The fraction of sp³-hybridized carbons (Fsp3) is 0.355. The van der Waals surface area contributed by atoms with E-state index in [-0.39, 0.29) is 29.1 Å². The van der Waals surface area contributed by atoms with Crippen molar-refractivity contribution in [1.82, 2.24) is 10.2 Å². The first-order chi connectivity index (χ1) is 19.6. The number of hydrogen-bond acceptors (Lipinski definition) is 4. The van der Waals surface area contributed by atoms with Crippen molar-refractivity contribution in [2.24, 2.45) is 0 Å². The van der Waals surface area contributed by atoms with Crippen molar-refractivity contribution in [2.45, 2.75) is 69.5 Å². The number of rotatable bonds is 10. The van der Waals surface area contributed by atoms with Crippen LogP contribution in [0.15, 0.2) is 77.7 Å². The Morgan fingerprint density at radius 3 is 2.29 bits per heavy atom. The first-order valence-corrected chi connectivity index (χ1v) is 15.9. The highest BCUT2D eigenvalue weighted by atomic mass is 35.5. The van der Waals surface area contributed by atoms with E-state index in [1.807, 2.05) is 0 Å². The zero-order valence-corrected chi connectivity index (χ0v) is 25.6. The second-order valence-electron chi connectivity index (χ2n) is 10.4. The number of benzene rings is 3. The molecule has 0 aliphatic heterocycles. The Kier molecular flexibility index (Phi) is 10.3. The third-order valence-corrected chi connectivity index (χ3v) is 9.85. The van der Waals surface area contributed by atoms with Crippen LogP contribution in [-0.2, 0) is 26.2 Å². The Balaban J connectivity index is 1.71. The van der Waals surface area contributed by atoms with E-state index in [4.69, 9.17) is 23.2 Å². The molecule has 0 saturated heterocycles. The van der Waals surface area contributed by atoms with Crippen LogP contribution in [0.4, 0.5) is 5.69 Å². The molecule has 1 aliphatic carbocycles. The van der Waals surface area contributed by atoms with Crippen molar-refractivity contribution in [2.75, 3.05) is 10.8 Å². The molecule has 0 spiro atoms. The molecule has 0 aromatic heterocycles. The maximum atomic E-state index is 14.1. The first kappa shape index (κ1) is 30.9. The summed E-state index contributed by atoms with van der Waals surface area (Å²) in [5.41, 5.74) is 1.56. The molecular weight excluding hydrogens is 581 g/mol. The van der Waals surface area contributed by atoms with Gasteiger partial charge in [-0.05, 0) is 68.1 Å². The van der Waals surface area contributed by atoms with Gasteiger partial charge in [0.25, 0.3) is 10.0 Å². The molecule has 41 heavy (non-hydrogen) atoms. The minimum absolute atomic E-state index is 0.0332. The molecule has 3 aromatic rings. The van der Waals surface area contributed by atoms with Crippen LogP contribution < -0.4 is 9.62 Å². The molecule has 0 heterocycles. The number of halogens is 2. The number of sulfonamides is 1. The molecule has 4 rings (SSSR count). The summed E-state index contributed by atoms with van der Waals surface area (Å²) in [5.74, 6) is -0.830. The second-order valence-corrected chi connectivity index (χ2v) is 13.1. The van der Waals surface area contributed by atoms with Crippen molar-refractivity contribution in [3.8, 4) is 0 Å². The van der Waals surface area contributed by atoms with Gasteiger partial charge in [0.1, 0.15) is 12.6 Å². The Hall–Kier alpha value is -3.07. The van der Waals surface area contributed by atoms with Gasteiger partial charge in [-0.1, -0.05) is 84.9 Å². The maximum Gasteiger partial charge on any atom is 0.264 e. The molecule has 0 bridgehead atoms. The zero-order chi connectivity index (χ0) is 29.6. The lowest BCUT2D eigenvalue weighted by Crippen LogP contribution is -2.53. The monoisotopic (exact) mass is 615 g/mol. The number of nitrogens with one attached hydrogen (secondary N) is 1. The van der Waals surface area contributed by atoms with E-state index in [1.54, 1.807) is 68.4 Å². The topological polar surface area (TPSA) is 86.8 Å². The van der Waals surface area contributed by atoms with Gasteiger partial charge in [0.2, 0.25) is 11.8 Å². The van der Waals surface area contributed by atoms with Gasteiger partial charge in [-0.2, -0.15) is 0 Å². The zero-order valence-electron chi connectivity index (χ0n) is 23.2. The smallest absolute Gasteiger partial charge is 0.264 e. The summed E-state index contributed by atoms with van der Waals surface area (Å²) in [6.45, 7) is 2.91. The summed E-state index contributed by atoms with van der Waals surface area (Å²) in [5, 5.41) is 3.88. The van der Waals surface area contributed by atoms with Crippen LogP contribution in [0.1, 0.15) is 50.2 Å². The van der Waals surface area contributed by atoms with Crippen LogP contribution in [0.25, 0.3) is 0 Å². The minimum Gasteiger partial charge on any atom is -0.352 e. The average Bonchev–Trinajstić information content (AvgIpc) is 2.97. The van der Waals surface area contributed by atoms with Crippen molar-refractivity contribution in [3.63, 3.8) is 0 Å². The highest BCUT2D eigenvalue weighted by Crippen LogP contribution is 2.30. The Labute approximate surface area is 252 Å². The van der Waals surface area contributed by atoms with Gasteiger partial charge in [-0.15, -0.1) is 0 Å². The summed E-state index contributed by atoms with van der Waals surface area (Å²) in [7, 11) is -4.17. The molecule has 7 nitrogen and oxygen atoms in total. The molecule has 218 valence electrons. The first-order valence-electron chi connectivity index (χ1n) is 13.7. The van der Waals surface area contributed by atoms with Crippen LogP contribution in [0.3, 0.4) is 0 Å². The lowest BCUT2D eigenvalue weighted by atomic mass is 9.95. The van der Waals surface area contributed by atoms with Gasteiger partial charge in [-0.25, -0.2) is 8.42 Å². The van der Waals surface area contributed by atoms with Crippen molar-refractivity contribution in [1.29, 1.82) is 0 Å². The van der Waals surface area contributed by atoms with Crippen LogP contribution in [0.5, 0.6) is 0 Å². The number of anilines is 1. The highest BCUT2D eigenvalue weighted by Gasteiger charge is 2.34. The van der Waals surface area contributed by atoms with Crippen molar-refractivity contribution in [3.05, 3.63) is 94.0 Å². The summed E-state index contributed by atoms with van der Waals surface area (Å²) in [4.78, 5) is 29.0. The fourth-order valence-electron chi connectivity index (χ4n) is 5.05. The molecule has 1 saturated carbocycles. The maximum absolute atomic E-state index is 14.1. The van der Waals surface area contributed by atoms with Gasteiger partial charge in [-0.3, -0.25) is 13.9 Å². The molecule has 1 atom stereocenters. The van der Waals surface area contributed by atoms with Crippen LogP contribution in [0.2, 0.25) is 10.0 Å². The quantitative estimate of drug-likeness (QED) is 0.287. The second kappa shape index (κ2) is 13.7. The molecule has 2 amide bonds. The van der Waals surface area contributed by atoms with Gasteiger partial charge in [0.05, 0.1) is 10.6 Å². The summed E-state index contributed by atoms with van der Waals surface area (Å²) in [6.07, 6.45) is 5.04. The standard InChI is InChI=1S/C31H35Cl2N3O4S/c1-22-17-18-25(32)19-29(22)36(41(39,40)27-14-7-4-8-15-27)21-30(37)35(20-24-11-9-10-16-28(24)33)23(2)31(38)34-26-12-5-3-6-13-26/h4,7-11,14-19,23,26H,3,5-6,12-13,20-21H2,1-2H3,(H,34,38)/t23-/m0/s1. The average molecular weight is 617 g/mol. The van der Waals surface area contributed by atoms with E-state index < -0.39 is 28.5 Å². The number of carbonyl (C=O) groups excluding carboxylic acids is 2. The van der Waals surface area contributed by atoms with Crippen LogP contribution >= 0.6 is 23.2 Å². The summed E-state index contributed by atoms with van der Waals surface area (Å²) in [6, 6.07) is 19.1. The molecule has 0 unspecified atom stereocenters. The fourth-order valence-corrected chi connectivity index (χ4v) is 6.90. The van der Waals surface area contributed by atoms with Crippen molar-refractivity contribution >= 4 is 50.7 Å². The SMILES string of the molecule is Cc1ccc(Cl)cc1N(CC(=O)N(Cc1ccccc1Cl)[C@@H](C)C(=O)NC1CCCCC1)S(=O)(=O)c1ccccc1. The van der Waals surface area contributed by atoms with Crippen LogP contribution in [0, 0.1) is 6.92 Å². The Bertz CT molecular complexity index is 1480. The van der Waals surface area contributed by atoms with Gasteiger partial charge in [0.15, 0.2) is 0 Å². The molecule has 10 heteroatoms. The molecule has 1 aliphatic rings. The van der Waals surface area contributed by atoms with E-state index >= 15 is 0 Å². The minimum atomic E-state index is -4.17. The number of amides is 2. The largest absolute Gasteiger partial charge is 0.352 e. The number of nitrogens with zero attached hydrogens (tertiary/aromatic N) is 2. The van der Waals surface area contributed by atoms with E-state index in [2.05, 4.69) is 5.32 Å². The molecule has 1 N–H and O–H groups in total. The summed E-state index contributed by atoms with van der Waals surface area (Å²) >= 11 is 12.7. The van der Waals surface area contributed by atoms with Crippen molar-refractivity contribution < 1.29 is 18.0 Å². The van der Waals surface area contributed by atoms with Crippen LogP contribution in [-0.4, -0.2) is 43.8 Å². The van der Waals surface area contributed by atoms with Gasteiger partial charge < -0.3 is 10.2 Å². The number of aryl methyl sites for hydroxylation is 1. The third-order valence-electron chi connectivity index (χ3n) is 7.47. The lowest BCUT2D eigenvalue weighted by molar-refractivity contribution is -0.139. The summed E-state index contributed by atoms with van der Waals surface area (Å²) < 4.78 is 29.0. The van der Waals surface area contributed by atoms with E-state index in [0.29, 0.717) is 21.2 Å². The molecule has 3 aromatic carbocycles. The predicted molar refractivity (Wildman–Crippen MR) is 164 cm³/mol. The predicted octanol–water partition coefficient (Wildman–Crippen LogP) is 6.36. The van der Waals surface area contributed by atoms with Gasteiger partial charge in [0, 0.05) is 22.6 Å². The van der Waals surface area contributed by atoms with E-state index in [9.17, 15) is 18.0 Å². The number of hydrogen-bond donors (Lipinski definition) is 1. The normalized spacial score (nSPS) is 14.7. The van der Waals surface area contributed by atoms with E-state index in [0.717, 1.165) is 36.4 Å². The molecule has 1 fully saturated rings.